The van der Waals surface area contributed by atoms with Crippen molar-refractivity contribution in [3.05, 3.63) is 29.8 Å². The van der Waals surface area contributed by atoms with Gasteiger partial charge in [0.25, 0.3) is 0 Å². The van der Waals surface area contributed by atoms with Crippen LogP contribution in [0.25, 0.3) is 0 Å². The first-order valence-corrected chi connectivity index (χ1v) is 4.41. The largest absolute Gasteiger partial charge is 0.478 e. The minimum atomic E-state index is -1.19. The molecule has 0 aliphatic rings. The van der Waals surface area contributed by atoms with Gasteiger partial charge in [0.15, 0.2) is 5.60 Å². The Balaban J connectivity index is 2.89. The fourth-order valence-corrected chi connectivity index (χ4v) is 0.989. The van der Waals surface area contributed by atoms with Crippen LogP contribution < -0.4 is 4.74 Å². The second-order valence-electron chi connectivity index (χ2n) is 3.68. The maximum atomic E-state index is 10.8. The molecule has 0 aromatic heterocycles. The molecule has 76 valence electrons. The van der Waals surface area contributed by atoms with E-state index in [1.165, 1.54) is 13.8 Å². The fourth-order valence-electron chi connectivity index (χ4n) is 0.989. The Morgan fingerprint density at radius 2 is 1.93 bits per heavy atom. The van der Waals surface area contributed by atoms with Crippen molar-refractivity contribution >= 4 is 5.97 Å². The van der Waals surface area contributed by atoms with Gasteiger partial charge in [-0.2, -0.15) is 0 Å². The lowest BCUT2D eigenvalue weighted by Gasteiger charge is -2.22. The molecule has 1 aromatic carbocycles. The van der Waals surface area contributed by atoms with Gasteiger partial charge in [-0.25, -0.2) is 4.79 Å². The number of ether oxygens (including phenoxy) is 1. The molecule has 0 bridgehead atoms. The molecule has 0 unspecified atom stereocenters. The number of hydrogen-bond acceptors (Lipinski definition) is 2. The van der Waals surface area contributed by atoms with Gasteiger partial charge < -0.3 is 9.84 Å². The van der Waals surface area contributed by atoms with Gasteiger partial charge in [-0.1, -0.05) is 18.2 Å². The number of aliphatic carboxylic acids is 1. The number of carboxylic acids is 1. The summed E-state index contributed by atoms with van der Waals surface area (Å²) in [6.45, 7) is 4.94. The number of para-hydroxylation sites is 1. The van der Waals surface area contributed by atoms with Crippen molar-refractivity contribution in [2.24, 2.45) is 0 Å². The van der Waals surface area contributed by atoms with Gasteiger partial charge in [-0.3, -0.25) is 0 Å². The van der Waals surface area contributed by atoms with Crippen molar-refractivity contribution in [2.75, 3.05) is 0 Å². The Morgan fingerprint density at radius 3 is 2.43 bits per heavy atom. The molecule has 0 amide bonds. The SMILES string of the molecule is Cc1ccccc1OC(C)(C)C(=O)O. The van der Waals surface area contributed by atoms with Crippen molar-refractivity contribution in [1.29, 1.82) is 0 Å². The summed E-state index contributed by atoms with van der Waals surface area (Å²) in [5.41, 5.74) is -0.256. The molecule has 1 N–H and O–H groups in total. The average molecular weight is 194 g/mol. The Hall–Kier alpha value is -1.51. The normalized spacial score (nSPS) is 11.1. The summed E-state index contributed by atoms with van der Waals surface area (Å²) in [7, 11) is 0. The van der Waals surface area contributed by atoms with Crippen molar-refractivity contribution in [1.82, 2.24) is 0 Å². The van der Waals surface area contributed by atoms with Crippen LogP contribution >= 0.6 is 0 Å². The monoisotopic (exact) mass is 194 g/mol. The molecule has 1 aromatic rings. The molecule has 0 fully saturated rings. The summed E-state index contributed by atoms with van der Waals surface area (Å²) < 4.78 is 5.39. The third-order valence-electron chi connectivity index (χ3n) is 1.97. The second-order valence-corrected chi connectivity index (χ2v) is 3.68. The van der Waals surface area contributed by atoms with E-state index in [-0.39, 0.29) is 0 Å². The van der Waals surface area contributed by atoms with E-state index in [9.17, 15) is 4.79 Å². The number of rotatable bonds is 3. The lowest BCUT2D eigenvalue weighted by Crippen LogP contribution is -2.38. The van der Waals surface area contributed by atoms with Crippen LogP contribution in [0, 0.1) is 6.92 Å². The van der Waals surface area contributed by atoms with Gasteiger partial charge in [0.2, 0.25) is 0 Å². The molecule has 3 heteroatoms. The van der Waals surface area contributed by atoms with Crippen LogP contribution in [0.4, 0.5) is 0 Å². The number of carbonyl (C=O) groups is 1. The molecule has 0 heterocycles. The van der Waals surface area contributed by atoms with E-state index in [1.807, 2.05) is 25.1 Å². The van der Waals surface area contributed by atoms with Crippen molar-refractivity contribution < 1.29 is 14.6 Å². The molecule has 0 spiro atoms. The smallest absolute Gasteiger partial charge is 0.347 e. The second kappa shape index (κ2) is 3.70. The van der Waals surface area contributed by atoms with Gasteiger partial charge in [-0.15, -0.1) is 0 Å². The van der Waals surface area contributed by atoms with E-state index < -0.39 is 11.6 Å². The molecule has 0 saturated carbocycles. The van der Waals surface area contributed by atoms with E-state index in [0.29, 0.717) is 5.75 Å². The van der Waals surface area contributed by atoms with Crippen LogP contribution in [0.5, 0.6) is 5.75 Å². The van der Waals surface area contributed by atoms with Crippen LogP contribution in [0.2, 0.25) is 0 Å². The molecule has 1 rings (SSSR count). The van der Waals surface area contributed by atoms with Gasteiger partial charge in [0.1, 0.15) is 5.75 Å². The lowest BCUT2D eigenvalue weighted by molar-refractivity contribution is -0.152. The standard InChI is InChI=1S/C11H14O3/c1-8-6-4-5-7-9(8)14-11(2,3)10(12)13/h4-7H,1-3H3,(H,12,13). The zero-order valence-electron chi connectivity index (χ0n) is 8.57. The summed E-state index contributed by atoms with van der Waals surface area (Å²) in [4.78, 5) is 10.8. The van der Waals surface area contributed by atoms with Crippen LogP contribution in [-0.4, -0.2) is 16.7 Å². The van der Waals surface area contributed by atoms with E-state index in [1.54, 1.807) is 6.07 Å². The topological polar surface area (TPSA) is 46.5 Å². The summed E-state index contributed by atoms with van der Waals surface area (Å²) >= 11 is 0. The zero-order chi connectivity index (χ0) is 10.8. The maximum Gasteiger partial charge on any atom is 0.347 e. The first-order chi connectivity index (χ1) is 6.43. The van der Waals surface area contributed by atoms with Gasteiger partial charge in [-0.05, 0) is 32.4 Å². The molecule has 0 saturated heterocycles. The van der Waals surface area contributed by atoms with Crippen molar-refractivity contribution in [2.45, 2.75) is 26.4 Å². The van der Waals surface area contributed by atoms with Crippen LogP contribution in [0.3, 0.4) is 0 Å². The number of aryl methyl sites for hydroxylation is 1. The first-order valence-electron chi connectivity index (χ1n) is 4.41. The van der Waals surface area contributed by atoms with Gasteiger partial charge >= 0.3 is 5.97 Å². The average Bonchev–Trinajstić information content (AvgIpc) is 2.08. The highest BCUT2D eigenvalue weighted by molar-refractivity contribution is 5.76. The molecular weight excluding hydrogens is 180 g/mol. The fraction of sp³-hybridized carbons (Fsp3) is 0.364. The molecule has 0 aliphatic carbocycles. The van der Waals surface area contributed by atoms with Crippen molar-refractivity contribution in [3.8, 4) is 5.75 Å². The Labute approximate surface area is 83.3 Å². The third-order valence-corrected chi connectivity index (χ3v) is 1.97. The summed E-state index contributed by atoms with van der Waals surface area (Å²) in [5, 5.41) is 8.87. The molecule has 0 atom stereocenters. The molecular formula is C11H14O3. The highest BCUT2D eigenvalue weighted by Crippen LogP contribution is 2.22. The predicted molar refractivity (Wildman–Crippen MR) is 53.5 cm³/mol. The lowest BCUT2D eigenvalue weighted by atomic mass is 10.1. The minimum absolute atomic E-state index is 0.611. The van der Waals surface area contributed by atoms with Crippen molar-refractivity contribution in [3.63, 3.8) is 0 Å². The first kappa shape index (κ1) is 10.6. The zero-order valence-corrected chi connectivity index (χ0v) is 8.57. The number of benzene rings is 1. The maximum absolute atomic E-state index is 10.8. The Morgan fingerprint density at radius 1 is 1.36 bits per heavy atom. The van der Waals surface area contributed by atoms with E-state index in [4.69, 9.17) is 9.84 Å². The Kier molecular flexibility index (Phi) is 2.79. The highest BCUT2D eigenvalue weighted by Gasteiger charge is 2.29. The van der Waals surface area contributed by atoms with Crippen LogP contribution in [0.1, 0.15) is 19.4 Å². The van der Waals surface area contributed by atoms with E-state index >= 15 is 0 Å². The minimum Gasteiger partial charge on any atom is -0.478 e. The van der Waals surface area contributed by atoms with E-state index in [0.717, 1.165) is 5.56 Å². The molecule has 0 radical (unpaired) electrons. The van der Waals surface area contributed by atoms with Crippen LogP contribution in [-0.2, 0) is 4.79 Å². The van der Waals surface area contributed by atoms with E-state index in [2.05, 4.69) is 0 Å². The number of hydrogen-bond donors (Lipinski definition) is 1. The summed E-state index contributed by atoms with van der Waals surface area (Å²) in [6, 6.07) is 7.35. The van der Waals surface area contributed by atoms with Gasteiger partial charge in [0, 0.05) is 0 Å². The Bertz CT molecular complexity index is 342. The molecule has 0 aliphatic heterocycles. The number of carboxylic acid groups (broad SMARTS) is 1. The summed E-state index contributed by atoms with van der Waals surface area (Å²) in [6.07, 6.45) is 0. The quantitative estimate of drug-likeness (QED) is 0.802. The highest BCUT2D eigenvalue weighted by atomic mass is 16.5. The van der Waals surface area contributed by atoms with Gasteiger partial charge in [0.05, 0.1) is 0 Å². The predicted octanol–water partition coefficient (Wildman–Crippen LogP) is 2.24. The van der Waals surface area contributed by atoms with Crippen LogP contribution in [0.15, 0.2) is 24.3 Å². The molecule has 3 nitrogen and oxygen atoms in total. The summed E-state index contributed by atoms with van der Waals surface area (Å²) in [5.74, 6) is -0.361. The third kappa shape index (κ3) is 2.25. The molecule has 14 heavy (non-hydrogen) atoms.